The lowest BCUT2D eigenvalue weighted by atomic mass is 10.1. The molecule has 2 aromatic heterocycles. The molecule has 4 rings (SSSR count). The van der Waals surface area contributed by atoms with E-state index in [9.17, 15) is 4.79 Å². The van der Waals surface area contributed by atoms with Gasteiger partial charge in [0.25, 0.3) is 5.91 Å². The Labute approximate surface area is 157 Å². The van der Waals surface area contributed by atoms with Crippen LogP contribution in [0, 0.1) is 0 Å². The Bertz CT molecular complexity index is 965. The van der Waals surface area contributed by atoms with Crippen molar-refractivity contribution in [3.63, 3.8) is 0 Å². The molecule has 0 saturated heterocycles. The maximum absolute atomic E-state index is 13.3. The summed E-state index contributed by atoms with van der Waals surface area (Å²) in [5.74, 6) is -0.00107. The number of anilines is 1. The molecular formula is C20H22N4OS. The van der Waals surface area contributed by atoms with Gasteiger partial charge in [-0.25, -0.2) is 9.67 Å². The number of fused-ring (bicyclic) bond motifs is 2. The monoisotopic (exact) mass is 366 g/mol. The molecule has 0 bridgehead atoms. The van der Waals surface area contributed by atoms with E-state index in [1.807, 2.05) is 45.6 Å². The number of para-hydroxylation sites is 1. The molecule has 3 aromatic rings. The van der Waals surface area contributed by atoms with E-state index >= 15 is 0 Å². The Morgan fingerprint density at radius 1 is 1.27 bits per heavy atom. The Morgan fingerprint density at radius 3 is 2.88 bits per heavy atom. The summed E-state index contributed by atoms with van der Waals surface area (Å²) < 4.78 is 1.88. The summed E-state index contributed by atoms with van der Waals surface area (Å²) in [6.45, 7) is 7.07. The minimum Gasteiger partial charge on any atom is -0.307 e. The average Bonchev–Trinajstić information content (AvgIpc) is 2.98. The quantitative estimate of drug-likeness (QED) is 0.668. The predicted octanol–water partition coefficient (Wildman–Crippen LogP) is 4.54. The second-order valence-electron chi connectivity index (χ2n) is 6.96. The molecule has 0 radical (unpaired) electrons. The smallest absolute Gasteiger partial charge is 0.259 e. The third kappa shape index (κ3) is 2.98. The van der Waals surface area contributed by atoms with Crippen molar-refractivity contribution in [1.29, 1.82) is 0 Å². The maximum atomic E-state index is 13.3. The van der Waals surface area contributed by atoms with Crippen LogP contribution < -0.4 is 4.90 Å². The molecule has 1 unspecified atom stereocenters. The Hall–Kier alpha value is -2.34. The topological polar surface area (TPSA) is 51.0 Å². The summed E-state index contributed by atoms with van der Waals surface area (Å²) >= 11 is 1.84. The van der Waals surface area contributed by atoms with Crippen LogP contribution in [0.3, 0.4) is 0 Å². The van der Waals surface area contributed by atoms with Gasteiger partial charge in [0.1, 0.15) is 0 Å². The lowest BCUT2D eigenvalue weighted by Gasteiger charge is -2.22. The number of amides is 1. The number of benzene rings is 1. The van der Waals surface area contributed by atoms with Crippen LogP contribution in [0.1, 0.15) is 43.6 Å². The molecule has 1 atom stereocenters. The molecule has 1 aliphatic rings. The van der Waals surface area contributed by atoms with Crippen LogP contribution in [-0.4, -0.2) is 32.5 Å². The molecule has 0 N–H and O–H groups in total. The van der Waals surface area contributed by atoms with Crippen LogP contribution in [-0.2, 0) is 0 Å². The van der Waals surface area contributed by atoms with Crippen molar-refractivity contribution in [2.24, 2.45) is 0 Å². The van der Waals surface area contributed by atoms with Gasteiger partial charge in [-0.05, 0) is 38.5 Å². The van der Waals surface area contributed by atoms with Crippen LogP contribution in [0.25, 0.3) is 11.0 Å². The highest BCUT2D eigenvalue weighted by Gasteiger charge is 2.25. The van der Waals surface area contributed by atoms with E-state index in [1.54, 1.807) is 12.4 Å². The summed E-state index contributed by atoms with van der Waals surface area (Å²) in [6, 6.07) is 10.3. The fraction of sp³-hybridized carbons (Fsp3) is 0.350. The largest absolute Gasteiger partial charge is 0.307 e. The lowest BCUT2D eigenvalue weighted by Crippen LogP contribution is -2.32. The molecule has 1 aliphatic heterocycles. The number of rotatable bonds is 2. The van der Waals surface area contributed by atoms with Crippen molar-refractivity contribution < 1.29 is 4.79 Å². The first-order valence-electron chi connectivity index (χ1n) is 8.95. The van der Waals surface area contributed by atoms with Crippen molar-refractivity contribution in [3.8, 4) is 0 Å². The van der Waals surface area contributed by atoms with E-state index in [2.05, 4.69) is 36.9 Å². The van der Waals surface area contributed by atoms with Crippen molar-refractivity contribution in [2.75, 3.05) is 11.4 Å². The zero-order valence-corrected chi connectivity index (χ0v) is 16.0. The average molecular weight is 366 g/mol. The highest BCUT2D eigenvalue weighted by molar-refractivity contribution is 8.00. The zero-order valence-electron chi connectivity index (χ0n) is 15.2. The number of nitrogens with zero attached hydrogens (tertiary/aromatic N) is 4. The molecule has 0 spiro atoms. The second-order valence-corrected chi connectivity index (χ2v) is 8.44. The first-order valence-corrected chi connectivity index (χ1v) is 9.83. The number of aromatic nitrogens is 3. The summed E-state index contributed by atoms with van der Waals surface area (Å²) in [4.78, 5) is 20.8. The van der Waals surface area contributed by atoms with E-state index in [0.29, 0.717) is 17.4 Å². The van der Waals surface area contributed by atoms with Gasteiger partial charge >= 0.3 is 0 Å². The third-order valence-electron chi connectivity index (χ3n) is 4.66. The van der Waals surface area contributed by atoms with Gasteiger partial charge in [0.2, 0.25) is 0 Å². The number of pyridine rings is 1. The van der Waals surface area contributed by atoms with Gasteiger partial charge in [0, 0.05) is 34.3 Å². The zero-order chi connectivity index (χ0) is 18.3. The van der Waals surface area contributed by atoms with E-state index < -0.39 is 0 Å². The first kappa shape index (κ1) is 17.1. The van der Waals surface area contributed by atoms with Gasteiger partial charge in [0.05, 0.1) is 17.4 Å². The number of thioether (sulfide) groups is 1. The van der Waals surface area contributed by atoms with Crippen molar-refractivity contribution in [2.45, 2.75) is 43.4 Å². The minimum atomic E-state index is -0.00107. The summed E-state index contributed by atoms with van der Waals surface area (Å²) in [5.41, 5.74) is 2.41. The van der Waals surface area contributed by atoms with Gasteiger partial charge in [-0.1, -0.05) is 19.1 Å². The third-order valence-corrected chi connectivity index (χ3v) is 5.90. The van der Waals surface area contributed by atoms with Crippen molar-refractivity contribution >= 4 is 34.4 Å². The molecule has 1 aromatic carbocycles. The van der Waals surface area contributed by atoms with Gasteiger partial charge in [-0.2, -0.15) is 5.10 Å². The van der Waals surface area contributed by atoms with Crippen molar-refractivity contribution in [3.05, 3.63) is 48.3 Å². The van der Waals surface area contributed by atoms with Crippen LogP contribution in [0.4, 0.5) is 5.69 Å². The number of carbonyl (C=O) groups is 1. The van der Waals surface area contributed by atoms with Crippen molar-refractivity contribution in [1.82, 2.24) is 14.8 Å². The summed E-state index contributed by atoms with van der Waals surface area (Å²) in [5, 5.41) is 5.78. The first-order chi connectivity index (χ1) is 12.5. The van der Waals surface area contributed by atoms with E-state index in [0.717, 1.165) is 28.0 Å². The van der Waals surface area contributed by atoms with E-state index in [4.69, 9.17) is 0 Å². The molecule has 1 amide bonds. The molecule has 5 nitrogen and oxygen atoms in total. The number of hydrogen-bond acceptors (Lipinski definition) is 4. The molecule has 0 fully saturated rings. The Balaban J connectivity index is 1.72. The molecule has 134 valence electrons. The molecule has 3 heterocycles. The Kier molecular flexibility index (Phi) is 4.44. The molecule has 6 heteroatoms. The standard InChI is InChI=1S/C20H22N4OS/c1-13(2)24-19-15(12-22-24)10-16(11-21-19)20(25)23-9-8-14(3)26-18-7-5-4-6-17(18)23/h4-7,10-14H,8-9H2,1-3H3. The molecule has 0 saturated carbocycles. The van der Waals surface area contributed by atoms with Crippen LogP contribution >= 0.6 is 11.8 Å². The minimum absolute atomic E-state index is 0.00107. The molecular weight excluding hydrogens is 344 g/mol. The lowest BCUT2D eigenvalue weighted by molar-refractivity contribution is 0.0986. The van der Waals surface area contributed by atoms with Crippen LogP contribution in [0.5, 0.6) is 0 Å². The number of hydrogen-bond donors (Lipinski definition) is 0. The SMILES string of the molecule is CC1CCN(C(=O)c2cnc3c(cnn3C(C)C)c2)c2ccccc2S1. The summed E-state index contributed by atoms with van der Waals surface area (Å²) in [7, 11) is 0. The second kappa shape index (κ2) is 6.76. The Morgan fingerprint density at radius 2 is 2.08 bits per heavy atom. The van der Waals surface area contributed by atoms with Gasteiger partial charge in [-0.15, -0.1) is 11.8 Å². The number of carbonyl (C=O) groups excluding carboxylic acids is 1. The van der Waals surface area contributed by atoms with Gasteiger partial charge in [0.15, 0.2) is 5.65 Å². The van der Waals surface area contributed by atoms with E-state index in [1.165, 1.54) is 0 Å². The highest BCUT2D eigenvalue weighted by atomic mass is 32.2. The van der Waals surface area contributed by atoms with E-state index in [-0.39, 0.29) is 11.9 Å². The van der Waals surface area contributed by atoms with Gasteiger partial charge < -0.3 is 4.90 Å². The maximum Gasteiger partial charge on any atom is 0.259 e. The summed E-state index contributed by atoms with van der Waals surface area (Å²) in [6.07, 6.45) is 4.43. The normalized spacial score (nSPS) is 17.4. The molecule has 0 aliphatic carbocycles. The van der Waals surface area contributed by atoms with Crippen LogP contribution in [0.15, 0.2) is 47.6 Å². The fourth-order valence-corrected chi connectivity index (χ4v) is 4.40. The van der Waals surface area contributed by atoms with Crippen LogP contribution in [0.2, 0.25) is 0 Å². The van der Waals surface area contributed by atoms with Gasteiger partial charge in [-0.3, -0.25) is 4.79 Å². The molecule has 26 heavy (non-hydrogen) atoms. The fourth-order valence-electron chi connectivity index (χ4n) is 3.29. The highest BCUT2D eigenvalue weighted by Crippen LogP contribution is 2.37. The predicted molar refractivity (Wildman–Crippen MR) is 106 cm³/mol.